The third-order valence-corrected chi connectivity index (χ3v) is 10.1. The first-order valence-corrected chi connectivity index (χ1v) is 21.2. The van der Waals surface area contributed by atoms with Crippen LogP contribution in [0.3, 0.4) is 0 Å². The summed E-state index contributed by atoms with van der Waals surface area (Å²) < 4.78 is 0. The molecule has 0 aromatic heterocycles. The van der Waals surface area contributed by atoms with Gasteiger partial charge >= 0.3 is 0 Å². The zero-order valence-corrected chi connectivity index (χ0v) is 40.9. The maximum Gasteiger partial charge on any atom is -0.0129 e. The molecule has 5 aromatic rings. The predicted octanol–water partition coefficient (Wildman–Crippen LogP) is 17.1. The molecule has 0 heterocycles. The average molecular weight is 769 g/mol. The fraction of sp³-hybridized carbons (Fsp3) is 0.474. The second kappa shape index (κ2) is 21.2. The summed E-state index contributed by atoms with van der Waals surface area (Å²) >= 11 is 0. The van der Waals surface area contributed by atoms with Crippen LogP contribution in [0.4, 0.5) is 0 Å². The fourth-order valence-corrected chi connectivity index (χ4v) is 6.78. The first-order chi connectivity index (χ1) is 25.8. The molecule has 0 aliphatic heterocycles. The van der Waals surface area contributed by atoms with E-state index >= 15 is 0 Å². The lowest BCUT2D eigenvalue weighted by Gasteiger charge is -2.22. The summed E-state index contributed by atoms with van der Waals surface area (Å²) in [6.07, 6.45) is 0. The van der Waals surface area contributed by atoms with Crippen LogP contribution >= 0.6 is 0 Å². The van der Waals surface area contributed by atoms with Gasteiger partial charge in [0.2, 0.25) is 0 Å². The number of hydrogen-bond acceptors (Lipinski definition) is 0. The van der Waals surface area contributed by atoms with E-state index in [-0.39, 0.29) is 27.1 Å². The lowest BCUT2D eigenvalue weighted by Crippen LogP contribution is -2.13. The van der Waals surface area contributed by atoms with Gasteiger partial charge in [0.05, 0.1) is 0 Å². The Kier molecular flexibility index (Phi) is 19.0. The molecule has 0 aliphatic rings. The summed E-state index contributed by atoms with van der Waals surface area (Å²) in [5.41, 5.74) is 18.1. The van der Waals surface area contributed by atoms with E-state index in [2.05, 4.69) is 262 Å². The predicted molar refractivity (Wildman–Crippen MR) is 259 cm³/mol. The maximum atomic E-state index is 2.29. The summed E-state index contributed by atoms with van der Waals surface area (Å²) in [5, 5.41) is 0. The van der Waals surface area contributed by atoms with Gasteiger partial charge in [0, 0.05) is 0 Å². The molecule has 0 N–H and O–H groups in total. The summed E-state index contributed by atoms with van der Waals surface area (Å²) in [6, 6.07) is 39.3. The maximum absolute atomic E-state index is 2.29. The van der Waals surface area contributed by atoms with Gasteiger partial charge < -0.3 is 0 Å². The number of hydrogen-bond donors (Lipinski definition) is 0. The molecule has 0 spiro atoms. The molecule has 0 saturated heterocycles. The van der Waals surface area contributed by atoms with E-state index < -0.39 is 0 Å². The van der Waals surface area contributed by atoms with Gasteiger partial charge in [-0.3, -0.25) is 0 Å². The van der Waals surface area contributed by atoms with Crippen molar-refractivity contribution in [3.63, 3.8) is 0 Å². The van der Waals surface area contributed by atoms with Crippen LogP contribution in [-0.4, -0.2) is 0 Å². The Balaban J connectivity index is 0.000000356. The van der Waals surface area contributed by atoms with Gasteiger partial charge in [-0.1, -0.05) is 235 Å². The first kappa shape index (κ1) is 51.1. The minimum Gasteiger partial charge on any atom is -0.0620 e. The van der Waals surface area contributed by atoms with Crippen molar-refractivity contribution in [1.29, 1.82) is 0 Å². The molecule has 0 amide bonds. The molecule has 312 valence electrons. The molecule has 0 atom stereocenters. The van der Waals surface area contributed by atoms with Crippen LogP contribution < -0.4 is 0 Å². The van der Waals surface area contributed by atoms with Crippen LogP contribution in [0.15, 0.2) is 109 Å². The lowest BCUT2D eigenvalue weighted by molar-refractivity contribution is 0.585. The molecule has 0 aliphatic carbocycles. The summed E-state index contributed by atoms with van der Waals surface area (Å²) in [4.78, 5) is 0. The molecule has 0 heteroatoms. The van der Waals surface area contributed by atoms with Crippen LogP contribution in [-0.2, 0) is 27.1 Å². The summed E-state index contributed by atoms with van der Waals surface area (Å²) in [6.45, 7) is 48.8. The Hall–Kier alpha value is -3.90. The van der Waals surface area contributed by atoms with Gasteiger partial charge in [0.15, 0.2) is 0 Å². The minimum atomic E-state index is 0.274. The van der Waals surface area contributed by atoms with Crippen molar-refractivity contribution < 1.29 is 0 Å². The molecule has 0 unspecified atom stereocenters. The zero-order chi connectivity index (χ0) is 44.2. The van der Waals surface area contributed by atoms with Gasteiger partial charge in [0.25, 0.3) is 0 Å². The Bertz CT molecular complexity index is 1930. The Labute approximate surface area is 354 Å². The quantitative estimate of drug-likeness (QED) is 0.147. The first-order valence-electron chi connectivity index (χ1n) is 21.2. The minimum absolute atomic E-state index is 0.274. The SMILES string of the molecule is Cc1ccc(C(C)(C)C)c(C)c1.Cc1ccc(C(C)(C)C)cc1.Cc1ccc(C)c(C(C)(C)C)c1.Cc1cccc(C(C)(C)C)c1.Cc1ccccc1C(C)(C)C. The highest BCUT2D eigenvalue weighted by atomic mass is 14.2. The second-order valence-corrected chi connectivity index (χ2v) is 21.4. The van der Waals surface area contributed by atoms with E-state index in [4.69, 9.17) is 0 Å². The molecule has 0 radical (unpaired) electrons. The molecule has 5 rings (SSSR count). The molecule has 0 bridgehead atoms. The van der Waals surface area contributed by atoms with E-state index in [1.54, 1.807) is 0 Å². The van der Waals surface area contributed by atoms with Crippen LogP contribution in [0.5, 0.6) is 0 Å². The standard InChI is InChI=1S/2C12H18.3C11H16/c1-9-6-7-11(10(2)8-9)12(3,4)5;1-9-6-7-10(2)11(8-9)12(3,4)5;1-9-5-7-10(8-6-9)11(2,3)4;1-9-6-5-7-10(8-9)11(2,3)4;1-9-7-5-6-8-10(9)11(2,3)4/h2*6-8H,1-5H3;3*5-8H,1-4H3. The zero-order valence-electron chi connectivity index (χ0n) is 40.9. The molecular weight excluding hydrogens is 685 g/mol. The van der Waals surface area contributed by atoms with Crippen molar-refractivity contribution in [2.24, 2.45) is 0 Å². The number of rotatable bonds is 0. The van der Waals surface area contributed by atoms with E-state index in [1.807, 2.05) is 0 Å². The van der Waals surface area contributed by atoms with Crippen molar-refractivity contribution in [2.75, 3.05) is 0 Å². The van der Waals surface area contributed by atoms with Gasteiger partial charge in [-0.05, 0) is 120 Å². The molecule has 0 saturated carbocycles. The number of aryl methyl sites for hydroxylation is 7. The van der Waals surface area contributed by atoms with E-state index in [0.717, 1.165) is 0 Å². The Morgan fingerprint density at radius 2 is 0.649 bits per heavy atom. The van der Waals surface area contributed by atoms with Crippen molar-refractivity contribution in [2.45, 2.75) is 179 Å². The normalized spacial score (nSPS) is 11.7. The monoisotopic (exact) mass is 769 g/mol. The van der Waals surface area contributed by atoms with Gasteiger partial charge in [-0.2, -0.15) is 0 Å². The third kappa shape index (κ3) is 18.9. The van der Waals surface area contributed by atoms with Crippen LogP contribution in [0.2, 0.25) is 0 Å². The van der Waals surface area contributed by atoms with Crippen molar-refractivity contribution in [3.05, 3.63) is 176 Å². The van der Waals surface area contributed by atoms with Crippen molar-refractivity contribution >= 4 is 0 Å². The summed E-state index contributed by atoms with van der Waals surface area (Å²) in [7, 11) is 0. The smallest absolute Gasteiger partial charge is 0.0129 e. The topological polar surface area (TPSA) is 0 Å². The van der Waals surface area contributed by atoms with Crippen molar-refractivity contribution in [1.82, 2.24) is 0 Å². The highest BCUT2D eigenvalue weighted by Gasteiger charge is 2.17. The molecule has 0 fully saturated rings. The fourth-order valence-electron chi connectivity index (χ4n) is 6.78. The lowest BCUT2D eigenvalue weighted by atomic mass is 9.83. The highest BCUT2D eigenvalue weighted by Crippen LogP contribution is 2.28. The number of benzene rings is 5. The van der Waals surface area contributed by atoms with Crippen LogP contribution in [0.1, 0.15) is 171 Å². The van der Waals surface area contributed by atoms with E-state index in [1.165, 1.54) is 66.8 Å². The van der Waals surface area contributed by atoms with Crippen LogP contribution in [0.25, 0.3) is 0 Å². The van der Waals surface area contributed by atoms with Crippen molar-refractivity contribution in [3.8, 4) is 0 Å². The molecular formula is C57H84. The summed E-state index contributed by atoms with van der Waals surface area (Å²) in [5.74, 6) is 0. The van der Waals surface area contributed by atoms with Crippen LogP contribution in [0, 0.1) is 48.5 Å². The van der Waals surface area contributed by atoms with E-state index in [0.29, 0.717) is 0 Å². The molecule has 57 heavy (non-hydrogen) atoms. The van der Waals surface area contributed by atoms with E-state index in [9.17, 15) is 0 Å². The average Bonchev–Trinajstić information content (AvgIpc) is 3.05. The van der Waals surface area contributed by atoms with Gasteiger partial charge in [-0.15, -0.1) is 0 Å². The largest absolute Gasteiger partial charge is 0.0620 e. The van der Waals surface area contributed by atoms with Gasteiger partial charge in [0.1, 0.15) is 0 Å². The Morgan fingerprint density at radius 1 is 0.246 bits per heavy atom. The third-order valence-electron chi connectivity index (χ3n) is 10.1. The van der Waals surface area contributed by atoms with Gasteiger partial charge in [-0.25, -0.2) is 0 Å². The highest BCUT2D eigenvalue weighted by molar-refractivity contribution is 5.36. The molecule has 0 nitrogen and oxygen atoms in total. The second-order valence-electron chi connectivity index (χ2n) is 21.4. The Morgan fingerprint density at radius 3 is 1.04 bits per heavy atom. The molecule has 5 aromatic carbocycles.